The van der Waals surface area contributed by atoms with Gasteiger partial charge in [-0.05, 0) is 12.5 Å². The van der Waals surface area contributed by atoms with Crippen LogP contribution >= 0.6 is 0 Å². The Hall–Kier alpha value is -0.920. The SMILES string of the molecule is C=C(CC(C)=O)C(=O)C(C)C. The van der Waals surface area contributed by atoms with Crippen LogP contribution < -0.4 is 0 Å². The molecule has 0 heterocycles. The Bertz CT molecular complexity index is 190. The molecule has 0 aliphatic carbocycles. The lowest BCUT2D eigenvalue weighted by atomic mass is 9.99. The zero-order valence-corrected chi connectivity index (χ0v) is 7.31. The van der Waals surface area contributed by atoms with Crippen LogP contribution in [0.15, 0.2) is 12.2 Å². The zero-order valence-electron chi connectivity index (χ0n) is 7.31. The van der Waals surface area contributed by atoms with Crippen LogP contribution in [0.2, 0.25) is 0 Å². The quantitative estimate of drug-likeness (QED) is 0.578. The van der Waals surface area contributed by atoms with E-state index in [0.29, 0.717) is 5.57 Å². The lowest BCUT2D eigenvalue weighted by Crippen LogP contribution is -2.11. The number of hydrogen-bond acceptors (Lipinski definition) is 2. The minimum absolute atomic E-state index is 0.0102. The number of carbonyl (C=O) groups is 2. The lowest BCUT2D eigenvalue weighted by Gasteiger charge is -2.04. The summed E-state index contributed by atoms with van der Waals surface area (Å²) >= 11 is 0. The standard InChI is InChI=1S/C9H14O2/c1-6(2)9(11)7(3)5-8(4)10/h6H,3,5H2,1-2,4H3. The summed E-state index contributed by atoms with van der Waals surface area (Å²) in [7, 11) is 0. The van der Waals surface area contributed by atoms with Crippen molar-refractivity contribution in [2.24, 2.45) is 5.92 Å². The van der Waals surface area contributed by atoms with Crippen LogP contribution in [0.1, 0.15) is 27.2 Å². The number of ketones is 2. The van der Waals surface area contributed by atoms with E-state index in [1.54, 1.807) is 13.8 Å². The molecule has 0 aliphatic heterocycles. The highest BCUT2D eigenvalue weighted by molar-refractivity contribution is 6.00. The second-order valence-electron chi connectivity index (χ2n) is 3.00. The zero-order chi connectivity index (χ0) is 9.02. The third kappa shape index (κ3) is 3.71. The van der Waals surface area contributed by atoms with E-state index in [2.05, 4.69) is 6.58 Å². The Morgan fingerprint density at radius 1 is 1.36 bits per heavy atom. The first-order valence-corrected chi connectivity index (χ1v) is 3.66. The predicted molar refractivity (Wildman–Crippen MR) is 44.3 cm³/mol. The van der Waals surface area contributed by atoms with Crippen molar-refractivity contribution >= 4 is 11.6 Å². The van der Waals surface area contributed by atoms with E-state index >= 15 is 0 Å². The van der Waals surface area contributed by atoms with Crippen molar-refractivity contribution in [1.82, 2.24) is 0 Å². The van der Waals surface area contributed by atoms with E-state index in [1.165, 1.54) is 6.92 Å². The van der Waals surface area contributed by atoms with Crippen molar-refractivity contribution in [3.63, 3.8) is 0 Å². The maximum absolute atomic E-state index is 11.1. The number of allylic oxidation sites excluding steroid dienone is 1. The molecule has 0 unspecified atom stereocenters. The van der Waals surface area contributed by atoms with Gasteiger partial charge in [-0.3, -0.25) is 9.59 Å². The van der Waals surface area contributed by atoms with E-state index in [4.69, 9.17) is 0 Å². The molecule has 0 radical (unpaired) electrons. The fraction of sp³-hybridized carbons (Fsp3) is 0.556. The molecule has 0 amide bonds. The summed E-state index contributed by atoms with van der Waals surface area (Å²) < 4.78 is 0. The van der Waals surface area contributed by atoms with Gasteiger partial charge in [-0.25, -0.2) is 0 Å². The number of hydrogen-bond donors (Lipinski definition) is 0. The molecule has 0 fully saturated rings. The fourth-order valence-corrected chi connectivity index (χ4v) is 0.796. The number of Topliss-reactive ketones (excluding diaryl/α,β-unsaturated/α-hetero) is 2. The Morgan fingerprint density at radius 2 is 1.82 bits per heavy atom. The molecule has 2 heteroatoms. The Labute approximate surface area is 67.3 Å². The van der Waals surface area contributed by atoms with Crippen LogP contribution in [0.5, 0.6) is 0 Å². The van der Waals surface area contributed by atoms with Crippen LogP contribution in [-0.2, 0) is 9.59 Å². The maximum Gasteiger partial charge on any atom is 0.161 e. The molecule has 0 spiro atoms. The summed E-state index contributed by atoms with van der Waals surface area (Å²) in [6, 6.07) is 0. The minimum Gasteiger partial charge on any atom is -0.300 e. The molecule has 2 nitrogen and oxygen atoms in total. The molecule has 0 N–H and O–H groups in total. The van der Waals surface area contributed by atoms with Crippen molar-refractivity contribution < 1.29 is 9.59 Å². The molecule has 0 aromatic carbocycles. The van der Waals surface area contributed by atoms with Crippen LogP contribution in [0, 0.1) is 5.92 Å². The highest BCUT2D eigenvalue weighted by Crippen LogP contribution is 2.07. The number of rotatable bonds is 4. The summed E-state index contributed by atoms with van der Waals surface area (Å²) in [4.78, 5) is 21.7. The molecular weight excluding hydrogens is 140 g/mol. The lowest BCUT2D eigenvalue weighted by molar-refractivity contribution is -0.121. The third-order valence-corrected chi connectivity index (χ3v) is 1.34. The second-order valence-corrected chi connectivity index (χ2v) is 3.00. The summed E-state index contributed by atoms with van der Waals surface area (Å²) in [6.45, 7) is 8.60. The average molecular weight is 154 g/mol. The van der Waals surface area contributed by atoms with Gasteiger partial charge in [0.25, 0.3) is 0 Å². The first-order chi connectivity index (χ1) is 4.95. The smallest absolute Gasteiger partial charge is 0.161 e. The molecule has 0 aromatic heterocycles. The van der Waals surface area contributed by atoms with Crippen LogP contribution in [0.4, 0.5) is 0 Å². The molecule has 62 valence electrons. The summed E-state index contributed by atoms with van der Waals surface area (Å²) in [5.41, 5.74) is 0.424. The average Bonchev–Trinajstić information content (AvgIpc) is 1.84. The first-order valence-electron chi connectivity index (χ1n) is 3.66. The molecule has 0 aromatic rings. The van der Waals surface area contributed by atoms with Gasteiger partial charge in [-0.1, -0.05) is 20.4 Å². The first kappa shape index (κ1) is 10.1. The van der Waals surface area contributed by atoms with Gasteiger partial charge in [0, 0.05) is 12.3 Å². The van der Waals surface area contributed by atoms with Gasteiger partial charge in [0.1, 0.15) is 5.78 Å². The molecule has 11 heavy (non-hydrogen) atoms. The molecule has 0 bridgehead atoms. The van der Waals surface area contributed by atoms with Gasteiger partial charge in [-0.15, -0.1) is 0 Å². The molecular formula is C9H14O2. The predicted octanol–water partition coefficient (Wildman–Crippen LogP) is 1.75. The van der Waals surface area contributed by atoms with Crippen LogP contribution in [0.25, 0.3) is 0 Å². The summed E-state index contributed by atoms with van der Waals surface area (Å²) in [5, 5.41) is 0. The van der Waals surface area contributed by atoms with E-state index in [-0.39, 0.29) is 23.9 Å². The van der Waals surface area contributed by atoms with Crippen LogP contribution in [0.3, 0.4) is 0 Å². The monoisotopic (exact) mass is 154 g/mol. The molecule has 0 saturated carbocycles. The molecule has 0 aliphatic rings. The van der Waals surface area contributed by atoms with Crippen molar-refractivity contribution in [2.75, 3.05) is 0 Å². The van der Waals surface area contributed by atoms with E-state index in [0.717, 1.165) is 0 Å². The second kappa shape index (κ2) is 4.06. The van der Waals surface area contributed by atoms with E-state index in [1.807, 2.05) is 0 Å². The topological polar surface area (TPSA) is 34.1 Å². The number of carbonyl (C=O) groups excluding carboxylic acids is 2. The van der Waals surface area contributed by atoms with Gasteiger partial charge < -0.3 is 0 Å². The normalized spacial score (nSPS) is 9.82. The highest BCUT2D eigenvalue weighted by Gasteiger charge is 2.12. The van der Waals surface area contributed by atoms with Crippen molar-refractivity contribution in [1.29, 1.82) is 0 Å². The Morgan fingerprint density at radius 3 is 2.09 bits per heavy atom. The van der Waals surface area contributed by atoms with Crippen LogP contribution in [-0.4, -0.2) is 11.6 Å². The molecule has 0 atom stereocenters. The summed E-state index contributed by atoms with van der Waals surface area (Å²) in [6.07, 6.45) is 0.191. The molecule has 0 saturated heterocycles. The Balaban J connectivity index is 4.05. The molecule has 0 rings (SSSR count). The van der Waals surface area contributed by atoms with Gasteiger partial charge in [0.15, 0.2) is 5.78 Å². The van der Waals surface area contributed by atoms with Crippen molar-refractivity contribution in [3.05, 3.63) is 12.2 Å². The van der Waals surface area contributed by atoms with Gasteiger partial charge in [0.2, 0.25) is 0 Å². The minimum atomic E-state index is -0.0538. The third-order valence-electron chi connectivity index (χ3n) is 1.34. The van der Waals surface area contributed by atoms with Gasteiger partial charge in [0.05, 0.1) is 0 Å². The largest absolute Gasteiger partial charge is 0.300 e. The summed E-state index contributed by atoms with van der Waals surface area (Å²) in [5.74, 6) is -0.0777. The van der Waals surface area contributed by atoms with E-state index in [9.17, 15) is 9.59 Å². The van der Waals surface area contributed by atoms with Crippen molar-refractivity contribution in [2.45, 2.75) is 27.2 Å². The van der Waals surface area contributed by atoms with Gasteiger partial charge >= 0.3 is 0 Å². The van der Waals surface area contributed by atoms with Crippen molar-refractivity contribution in [3.8, 4) is 0 Å². The Kier molecular flexibility index (Phi) is 3.72. The van der Waals surface area contributed by atoms with E-state index < -0.39 is 0 Å². The van der Waals surface area contributed by atoms with Gasteiger partial charge in [-0.2, -0.15) is 0 Å². The highest BCUT2D eigenvalue weighted by atomic mass is 16.1. The maximum atomic E-state index is 11.1. The fourth-order valence-electron chi connectivity index (χ4n) is 0.796.